The summed E-state index contributed by atoms with van der Waals surface area (Å²) < 4.78 is 16.1. The van der Waals surface area contributed by atoms with Crippen molar-refractivity contribution in [3.8, 4) is 5.69 Å². The predicted octanol–water partition coefficient (Wildman–Crippen LogP) is 5.50. The Hall–Kier alpha value is -3.51. The number of aromatic nitrogens is 2. The lowest BCUT2D eigenvalue weighted by Gasteiger charge is -2.27. The van der Waals surface area contributed by atoms with Gasteiger partial charge in [0.1, 0.15) is 5.82 Å². The molecule has 1 N–H and O–H groups in total. The Kier molecular flexibility index (Phi) is 5.00. The number of nitrogens with one attached hydrogen (secondary N) is 1. The van der Waals surface area contributed by atoms with Gasteiger partial charge >= 0.3 is 0 Å². The third-order valence-corrected chi connectivity index (χ3v) is 5.94. The van der Waals surface area contributed by atoms with Gasteiger partial charge in [-0.05, 0) is 78.8 Å². The molecule has 0 aliphatic carbocycles. The molecule has 0 spiro atoms. The summed E-state index contributed by atoms with van der Waals surface area (Å²) >= 11 is 5.74. The monoisotopic (exact) mass is 428 g/mol. The van der Waals surface area contributed by atoms with Crippen LogP contribution in [0, 0.1) is 12.7 Å². The summed E-state index contributed by atoms with van der Waals surface area (Å²) in [7, 11) is 0. The molecule has 5 rings (SSSR count). The molecule has 0 saturated carbocycles. The van der Waals surface area contributed by atoms with Crippen LogP contribution in [0.3, 0.4) is 0 Å². The van der Waals surface area contributed by atoms with Crippen molar-refractivity contribution in [3.63, 3.8) is 0 Å². The van der Waals surface area contributed by atoms with Crippen molar-refractivity contribution in [2.45, 2.75) is 19.0 Å². The highest BCUT2D eigenvalue weighted by molar-refractivity contribution is 7.80. The summed E-state index contributed by atoms with van der Waals surface area (Å²) in [6, 6.07) is 23.0. The minimum absolute atomic E-state index is 0.128. The zero-order valence-electron chi connectivity index (χ0n) is 16.9. The van der Waals surface area contributed by atoms with E-state index in [0.29, 0.717) is 10.7 Å². The van der Waals surface area contributed by atoms with Gasteiger partial charge in [-0.15, -0.1) is 0 Å². The summed E-state index contributed by atoms with van der Waals surface area (Å²) in [6.07, 6.45) is 5.96. The van der Waals surface area contributed by atoms with Gasteiger partial charge in [0.05, 0.1) is 17.8 Å². The van der Waals surface area contributed by atoms with Crippen LogP contribution in [0.25, 0.3) is 5.69 Å². The van der Waals surface area contributed by atoms with Crippen molar-refractivity contribution >= 4 is 23.0 Å². The molecular weight excluding hydrogens is 407 g/mol. The standard InChI is InChI=1S/C25H21FN4S/c1-17-15-20(10-11-21(17)26)30-24(23(28-25(30)31)22-9-5-6-13-27-22)18-12-14-29(16-18)19-7-3-2-4-8-19/h2-16,23-24H,1H3,(H,28,31). The zero-order chi connectivity index (χ0) is 21.4. The van der Waals surface area contributed by atoms with Gasteiger partial charge in [0.25, 0.3) is 0 Å². The van der Waals surface area contributed by atoms with E-state index in [-0.39, 0.29) is 17.9 Å². The fourth-order valence-corrected chi connectivity index (χ4v) is 4.45. The van der Waals surface area contributed by atoms with Crippen molar-refractivity contribution < 1.29 is 4.39 Å². The Morgan fingerprint density at radius 3 is 2.52 bits per heavy atom. The summed E-state index contributed by atoms with van der Waals surface area (Å²) in [6.45, 7) is 1.77. The first kappa shape index (κ1) is 19.5. The lowest BCUT2D eigenvalue weighted by Crippen LogP contribution is -2.29. The molecule has 2 aromatic heterocycles. The SMILES string of the molecule is Cc1cc(N2C(=S)NC(c3ccccn3)C2c2ccn(-c3ccccc3)c2)ccc1F. The van der Waals surface area contributed by atoms with Gasteiger partial charge in [0.15, 0.2) is 5.11 Å². The molecule has 0 radical (unpaired) electrons. The number of halogens is 1. The van der Waals surface area contributed by atoms with Crippen LogP contribution < -0.4 is 10.2 Å². The fraction of sp³-hybridized carbons (Fsp3) is 0.120. The Morgan fingerprint density at radius 2 is 1.77 bits per heavy atom. The number of nitrogens with zero attached hydrogens (tertiary/aromatic N) is 3. The molecular formula is C25H21FN4S. The average molecular weight is 429 g/mol. The maximum absolute atomic E-state index is 14.0. The number of pyridine rings is 1. The molecule has 1 aliphatic heterocycles. The van der Waals surface area contributed by atoms with E-state index >= 15 is 0 Å². The summed E-state index contributed by atoms with van der Waals surface area (Å²) in [5.41, 5.74) is 4.52. The molecule has 0 bridgehead atoms. The second-order valence-electron chi connectivity index (χ2n) is 7.62. The minimum Gasteiger partial charge on any atom is -0.351 e. The van der Waals surface area contributed by atoms with Gasteiger partial charge in [-0.25, -0.2) is 4.39 Å². The van der Waals surface area contributed by atoms with Crippen molar-refractivity contribution in [2.75, 3.05) is 4.90 Å². The predicted molar refractivity (Wildman–Crippen MR) is 125 cm³/mol. The van der Waals surface area contributed by atoms with Gasteiger partial charge in [0.2, 0.25) is 0 Å². The first-order valence-corrected chi connectivity index (χ1v) is 10.5. The first-order valence-electron chi connectivity index (χ1n) is 10.1. The molecule has 1 saturated heterocycles. The van der Waals surface area contributed by atoms with Crippen LogP contribution in [0.2, 0.25) is 0 Å². The first-order chi connectivity index (χ1) is 15.1. The highest BCUT2D eigenvalue weighted by atomic mass is 32.1. The number of hydrogen-bond acceptors (Lipinski definition) is 2. The molecule has 2 unspecified atom stereocenters. The molecule has 6 heteroatoms. The van der Waals surface area contributed by atoms with E-state index in [2.05, 4.69) is 50.4 Å². The number of rotatable bonds is 4. The maximum Gasteiger partial charge on any atom is 0.174 e. The molecule has 4 aromatic rings. The summed E-state index contributed by atoms with van der Waals surface area (Å²) in [5.74, 6) is -0.227. The van der Waals surface area contributed by atoms with Gasteiger partial charge in [-0.2, -0.15) is 0 Å². The van der Waals surface area contributed by atoms with Crippen molar-refractivity contribution in [2.24, 2.45) is 0 Å². The lowest BCUT2D eigenvalue weighted by atomic mass is 9.98. The quantitative estimate of drug-likeness (QED) is 0.435. The van der Waals surface area contributed by atoms with Crippen LogP contribution in [-0.2, 0) is 0 Å². The third kappa shape index (κ3) is 3.59. The second kappa shape index (κ2) is 7.96. The van der Waals surface area contributed by atoms with Crippen LogP contribution in [0.4, 0.5) is 10.1 Å². The highest BCUT2D eigenvalue weighted by Gasteiger charge is 2.41. The number of hydrogen-bond donors (Lipinski definition) is 1. The largest absolute Gasteiger partial charge is 0.351 e. The van der Waals surface area contributed by atoms with E-state index in [9.17, 15) is 4.39 Å². The number of anilines is 1. The van der Waals surface area contributed by atoms with E-state index in [4.69, 9.17) is 12.2 Å². The van der Waals surface area contributed by atoms with E-state index in [1.54, 1.807) is 19.2 Å². The van der Waals surface area contributed by atoms with E-state index in [0.717, 1.165) is 22.6 Å². The lowest BCUT2D eigenvalue weighted by molar-refractivity contribution is 0.567. The average Bonchev–Trinajstić information content (AvgIpc) is 3.41. The molecule has 3 heterocycles. The third-order valence-electron chi connectivity index (χ3n) is 5.63. The van der Waals surface area contributed by atoms with Gasteiger partial charge in [-0.3, -0.25) is 4.98 Å². The van der Waals surface area contributed by atoms with Gasteiger partial charge in [-0.1, -0.05) is 24.3 Å². The zero-order valence-corrected chi connectivity index (χ0v) is 17.8. The van der Waals surface area contributed by atoms with E-state index in [1.165, 1.54) is 6.07 Å². The Labute approximate surface area is 186 Å². The van der Waals surface area contributed by atoms with Crippen LogP contribution >= 0.6 is 12.2 Å². The van der Waals surface area contributed by atoms with Gasteiger partial charge < -0.3 is 14.8 Å². The van der Waals surface area contributed by atoms with Crippen LogP contribution in [0.15, 0.2) is 91.4 Å². The Balaban J connectivity index is 1.61. The highest BCUT2D eigenvalue weighted by Crippen LogP contribution is 2.42. The van der Waals surface area contributed by atoms with Crippen LogP contribution in [0.5, 0.6) is 0 Å². The second-order valence-corrected chi connectivity index (χ2v) is 8.00. The fourth-order valence-electron chi connectivity index (χ4n) is 4.10. The molecule has 1 aliphatic rings. The number of thiocarbonyl (C=S) groups is 1. The smallest absolute Gasteiger partial charge is 0.174 e. The van der Waals surface area contributed by atoms with Crippen molar-refractivity contribution in [1.82, 2.24) is 14.9 Å². The molecule has 1 fully saturated rings. The Morgan fingerprint density at radius 1 is 0.968 bits per heavy atom. The minimum atomic E-state index is -0.227. The van der Waals surface area contributed by atoms with Crippen molar-refractivity contribution in [3.05, 3.63) is 114 Å². The molecule has 4 nitrogen and oxygen atoms in total. The molecule has 31 heavy (non-hydrogen) atoms. The molecule has 154 valence electrons. The van der Waals surface area contributed by atoms with Crippen molar-refractivity contribution in [1.29, 1.82) is 0 Å². The van der Waals surface area contributed by atoms with Gasteiger partial charge in [0, 0.05) is 30.0 Å². The topological polar surface area (TPSA) is 33.1 Å². The van der Waals surface area contributed by atoms with E-state index < -0.39 is 0 Å². The van der Waals surface area contributed by atoms with Crippen LogP contribution in [-0.4, -0.2) is 14.7 Å². The number of para-hydroxylation sites is 1. The molecule has 2 atom stereocenters. The molecule has 2 aromatic carbocycles. The Bertz CT molecular complexity index is 1220. The molecule has 0 amide bonds. The summed E-state index contributed by atoms with van der Waals surface area (Å²) in [5, 5.41) is 4.04. The number of aryl methyl sites for hydroxylation is 1. The number of benzene rings is 2. The van der Waals surface area contributed by atoms with Crippen LogP contribution in [0.1, 0.15) is 28.9 Å². The maximum atomic E-state index is 14.0. The van der Waals surface area contributed by atoms with E-state index in [1.807, 2.05) is 42.5 Å². The summed E-state index contributed by atoms with van der Waals surface area (Å²) in [4.78, 5) is 6.64. The normalized spacial score (nSPS) is 18.3.